The fraction of sp³-hybridized carbons (Fsp3) is 0.278. The summed E-state index contributed by atoms with van der Waals surface area (Å²) in [4.78, 5) is 11.2. The molecule has 20 heavy (non-hydrogen) atoms. The standard InChI is InChI=1S/C18H20O2/c1-13(2)16-6-4-15(5-7-16)12-20-18-10-8-17(9-11-18)14(3)19/h4-11,13H,12H2,1-3H3. The number of hydrogen-bond donors (Lipinski definition) is 0. The minimum atomic E-state index is 0.0702. The van der Waals surface area contributed by atoms with Crippen LogP contribution < -0.4 is 4.74 Å². The zero-order chi connectivity index (χ0) is 14.5. The van der Waals surface area contributed by atoms with Crippen molar-refractivity contribution in [2.24, 2.45) is 0 Å². The molecule has 2 aromatic rings. The molecule has 0 aliphatic carbocycles. The first kappa shape index (κ1) is 14.3. The smallest absolute Gasteiger partial charge is 0.159 e. The molecule has 0 aliphatic rings. The lowest BCUT2D eigenvalue weighted by Crippen LogP contribution is -1.97. The number of Topliss-reactive ketones (excluding diaryl/α,β-unsaturated/α-hetero) is 1. The highest BCUT2D eigenvalue weighted by molar-refractivity contribution is 5.94. The number of hydrogen-bond acceptors (Lipinski definition) is 2. The molecule has 0 atom stereocenters. The molecule has 0 aromatic heterocycles. The Labute approximate surface area is 120 Å². The average molecular weight is 268 g/mol. The number of ether oxygens (including phenoxy) is 1. The predicted molar refractivity (Wildman–Crippen MR) is 81.3 cm³/mol. The van der Waals surface area contributed by atoms with Gasteiger partial charge in [0.25, 0.3) is 0 Å². The Kier molecular flexibility index (Phi) is 4.57. The summed E-state index contributed by atoms with van der Waals surface area (Å²) >= 11 is 0. The van der Waals surface area contributed by atoms with E-state index < -0.39 is 0 Å². The zero-order valence-electron chi connectivity index (χ0n) is 12.2. The molecular weight excluding hydrogens is 248 g/mol. The molecule has 0 saturated carbocycles. The molecule has 2 rings (SSSR count). The molecule has 0 heterocycles. The maximum atomic E-state index is 11.2. The van der Waals surface area contributed by atoms with Gasteiger partial charge in [0.2, 0.25) is 0 Å². The highest BCUT2D eigenvalue weighted by Gasteiger charge is 2.01. The average Bonchev–Trinajstić information content (AvgIpc) is 2.46. The van der Waals surface area contributed by atoms with Gasteiger partial charge in [-0.1, -0.05) is 38.1 Å². The van der Waals surface area contributed by atoms with Crippen molar-refractivity contribution in [2.75, 3.05) is 0 Å². The van der Waals surface area contributed by atoms with E-state index in [0.717, 1.165) is 11.3 Å². The highest BCUT2D eigenvalue weighted by atomic mass is 16.5. The first-order valence-electron chi connectivity index (χ1n) is 6.89. The summed E-state index contributed by atoms with van der Waals surface area (Å²) in [6, 6.07) is 15.7. The van der Waals surface area contributed by atoms with Gasteiger partial charge in [0.05, 0.1) is 0 Å². The lowest BCUT2D eigenvalue weighted by Gasteiger charge is -2.09. The van der Waals surface area contributed by atoms with Crippen molar-refractivity contribution in [2.45, 2.75) is 33.3 Å². The van der Waals surface area contributed by atoms with Gasteiger partial charge in [0, 0.05) is 5.56 Å². The van der Waals surface area contributed by atoms with E-state index in [1.807, 2.05) is 12.1 Å². The Morgan fingerprint density at radius 2 is 1.60 bits per heavy atom. The van der Waals surface area contributed by atoms with Crippen molar-refractivity contribution < 1.29 is 9.53 Å². The van der Waals surface area contributed by atoms with Gasteiger partial charge in [-0.25, -0.2) is 0 Å². The Morgan fingerprint density at radius 1 is 1.00 bits per heavy atom. The van der Waals surface area contributed by atoms with Gasteiger partial charge in [-0.3, -0.25) is 4.79 Å². The van der Waals surface area contributed by atoms with E-state index in [1.54, 1.807) is 19.1 Å². The second-order valence-corrected chi connectivity index (χ2v) is 5.27. The van der Waals surface area contributed by atoms with Crippen LogP contribution in [0.15, 0.2) is 48.5 Å². The predicted octanol–water partition coefficient (Wildman–Crippen LogP) is 4.59. The van der Waals surface area contributed by atoms with Crippen LogP contribution in [0.25, 0.3) is 0 Å². The van der Waals surface area contributed by atoms with E-state index in [9.17, 15) is 4.79 Å². The lowest BCUT2D eigenvalue weighted by atomic mass is 10.0. The second kappa shape index (κ2) is 6.38. The zero-order valence-corrected chi connectivity index (χ0v) is 12.2. The van der Waals surface area contributed by atoms with E-state index in [0.29, 0.717) is 18.1 Å². The normalized spacial score (nSPS) is 10.6. The number of benzene rings is 2. The summed E-state index contributed by atoms with van der Waals surface area (Å²) in [5.74, 6) is 1.40. The summed E-state index contributed by atoms with van der Waals surface area (Å²) in [5.41, 5.74) is 3.18. The van der Waals surface area contributed by atoms with Crippen molar-refractivity contribution in [1.29, 1.82) is 0 Å². The van der Waals surface area contributed by atoms with Gasteiger partial charge in [0.15, 0.2) is 5.78 Å². The van der Waals surface area contributed by atoms with E-state index in [-0.39, 0.29) is 5.78 Å². The van der Waals surface area contributed by atoms with Crippen LogP contribution in [0, 0.1) is 0 Å². The molecule has 104 valence electrons. The molecule has 0 aliphatic heterocycles. The lowest BCUT2D eigenvalue weighted by molar-refractivity contribution is 0.101. The third-order valence-electron chi connectivity index (χ3n) is 3.31. The largest absolute Gasteiger partial charge is 0.489 e. The van der Waals surface area contributed by atoms with Gasteiger partial charge >= 0.3 is 0 Å². The minimum absolute atomic E-state index is 0.0702. The molecule has 2 aromatic carbocycles. The van der Waals surface area contributed by atoms with Crippen LogP contribution in [-0.2, 0) is 6.61 Å². The van der Waals surface area contributed by atoms with Crippen LogP contribution in [0.2, 0.25) is 0 Å². The number of ketones is 1. The van der Waals surface area contributed by atoms with Crippen LogP contribution in [0.5, 0.6) is 5.75 Å². The highest BCUT2D eigenvalue weighted by Crippen LogP contribution is 2.17. The Hall–Kier alpha value is -2.09. The summed E-state index contributed by atoms with van der Waals surface area (Å²) in [6.07, 6.45) is 0. The maximum Gasteiger partial charge on any atom is 0.159 e. The van der Waals surface area contributed by atoms with Gasteiger partial charge in [-0.15, -0.1) is 0 Å². The molecule has 0 N–H and O–H groups in total. The Bertz CT molecular complexity index is 565. The summed E-state index contributed by atoms with van der Waals surface area (Å²) in [7, 11) is 0. The quantitative estimate of drug-likeness (QED) is 0.741. The molecule has 0 spiro atoms. The molecule has 0 radical (unpaired) electrons. The number of carbonyl (C=O) groups excluding carboxylic acids is 1. The molecular formula is C18H20O2. The molecule has 0 fully saturated rings. The summed E-state index contributed by atoms with van der Waals surface area (Å²) < 4.78 is 5.72. The molecule has 2 nitrogen and oxygen atoms in total. The fourth-order valence-corrected chi connectivity index (χ4v) is 1.95. The maximum absolute atomic E-state index is 11.2. The van der Waals surface area contributed by atoms with Gasteiger partial charge in [-0.05, 0) is 48.2 Å². The van der Waals surface area contributed by atoms with Crippen molar-refractivity contribution in [3.05, 3.63) is 65.2 Å². The Morgan fingerprint density at radius 3 is 2.10 bits per heavy atom. The molecule has 0 unspecified atom stereocenters. The van der Waals surface area contributed by atoms with Crippen molar-refractivity contribution >= 4 is 5.78 Å². The second-order valence-electron chi connectivity index (χ2n) is 5.27. The van der Waals surface area contributed by atoms with Gasteiger partial charge < -0.3 is 4.74 Å². The first-order valence-corrected chi connectivity index (χ1v) is 6.89. The van der Waals surface area contributed by atoms with Crippen LogP contribution in [0.3, 0.4) is 0 Å². The van der Waals surface area contributed by atoms with Crippen LogP contribution in [-0.4, -0.2) is 5.78 Å². The van der Waals surface area contributed by atoms with Crippen LogP contribution in [0.1, 0.15) is 48.2 Å². The van der Waals surface area contributed by atoms with E-state index in [4.69, 9.17) is 4.74 Å². The van der Waals surface area contributed by atoms with Crippen molar-refractivity contribution in [3.63, 3.8) is 0 Å². The van der Waals surface area contributed by atoms with E-state index >= 15 is 0 Å². The summed E-state index contributed by atoms with van der Waals surface area (Å²) in [6.45, 7) is 6.47. The van der Waals surface area contributed by atoms with E-state index in [1.165, 1.54) is 5.56 Å². The molecule has 0 amide bonds. The van der Waals surface area contributed by atoms with Crippen LogP contribution >= 0.6 is 0 Å². The minimum Gasteiger partial charge on any atom is -0.489 e. The SMILES string of the molecule is CC(=O)c1ccc(OCc2ccc(C(C)C)cc2)cc1. The van der Waals surface area contributed by atoms with Gasteiger partial charge in [-0.2, -0.15) is 0 Å². The topological polar surface area (TPSA) is 26.3 Å². The molecule has 0 saturated heterocycles. The number of carbonyl (C=O) groups is 1. The van der Waals surface area contributed by atoms with Crippen molar-refractivity contribution in [3.8, 4) is 5.75 Å². The molecule has 2 heteroatoms. The molecule has 0 bridgehead atoms. The number of rotatable bonds is 5. The van der Waals surface area contributed by atoms with Crippen LogP contribution in [0.4, 0.5) is 0 Å². The first-order chi connectivity index (χ1) is 9.56. The van der Waals surface area contributed by atoms with E-state index in [2.05, 4.69) is 38.1 Å². The fourth-order valence-electron chi connectivity index (χ4n) is 1.95. The third kappa shape index (κ3) is 3.70. The monoisotopic (exact) mass is 268 g/mol. The third-order valence-corrected chi connectivity index (χ3v) is 3.31. The summed E-state index contributed by atoms with van der Waals surface area (Å²) in [5, 5.41) is 0. The van der Waals surface area contributed by atoms with Gasteiger partial charge in [0.1, 0.15) is 12.4 Å². The Balaban J connectivity index is 1.96. The van der Waals surface area contributed by atoms with Crippen molar-refractivity contribution in [1.82, 2.24) is 0 Å².